The molecule has 0 bridgehead atoms. The molecule has 1 heterocycles. The number of nitrogens with zero attached hydrogens (tertiary/aromatic N) is 1. The monoisotopic (exact) mass is 227 g/mol. The number of rotatable bonds is 3. The van der Waals surface area contributed by atoms with Gasteiger partial charge in [-0.15, -0.1) is 0 Å². The van der Waals surface area contributed by atoms with E-state index in [4.69, 9.17) is 11.5 Å². The van der Waals surface area contributed by atoms with Crippen molar-refractivity contribution in [2.75, 3.05) is 0 Å². The van der Waals surface area contributed by atoms with Crippen molar-refractivity contribution in [1.82, 2.24) is 4.98 Å². The summed E-state index contributed by atoms with van der Waals surface area (Å²) in [6, 6.07) is 11.8. The van der Waals surface area contributed by atoms with E-state index >= 15 is 0 Å². The molecule has 2 aromatic rings. The van der Waals surface area contributed by atoms with E-state index in [-0.39, 0.29) is 12.1 Å². The molecule has 2 atom stereocenters. The number of nitrogens with two attached hydrogens (primary N) is 2. The van der Waals surface area contributed by atoms with Gasteiger partial charge in [0, 0.05) is 18.4 Å². The third kappa shape index (κ3) is 2.70. The molecule has 4 N–H and O–H groups in total. The highest BCUT2D eigenvalue weighted by Crippen LogP contribution is 2.21. The van der Waals surface area contributed by atoms with Gasteiger partial charge in [-0.3, -0.25) is 4.98 Å². The van der Waals surface area contributed by atoms with Crippen LogP contribution in [0.15, 0.2) is 48.8 Å². The van der Waals surface area contributed by atoms with Crippen LogP contribution in [0.4, 0.5) is 0 Å². The van der Waals surface area contributed by atoms with E-state index in [1.54, 1.807) is 12.4 Å². The van der Waals surface area contributed by atoms with Crippen molar-refractivity contribution in [2.45, 2.75) is 19.0 Å². The van der Waals surface area contributed by atoms with Crippen molar-refractivity contribution < 1.29 is 0 Å². The maximum absolute atomic E-state index is 6.20. The molecule has 0 saturated carbocycles. The van der Waals surface area contributed by atoms with Crippen LogP contribution in [-0.2, 0) is 0 Å². The predicted molar refractivity (Wildman–Crippen MR) is 69.3 cm³/mol. The summed E-state index contributed by atoms with van der Waals surface area (Å²) in [6.45, 7) is 1.97. The van der Waals surface area contributed by atoms with Crippen LogP contribution in [0, 0.1) is 0 Å². The minimum atomic E-state index is -0.151. The summed E-state index contributed by atoms with van der Waals surface area (Å²) in [5.74, 6) is 0. The topological polar surface area (TPSA) is 64.9 Å². The van der Waals surface area contributed by atoms with Crippen molar-refractivity contribution in [3.05, 3.63) is 65.5 Å². The zero-order chi connectivity index (χ0) is 12.3. The average molecular weight is 227 g/mol. The Bertz CT molecular complexity index is 480. The Kier molecular flexibility index (Phi) is 3.52. The van der Waals surface area contributed by atoms with Gasteiger partial charge in [0.2, 0.25) is 0 Å². The van der Waals surface area contributed by atoms with Crippen LogP contribution in [0.3, 0.4) is 0 Å². The Labute approximate surface area is 101 Å². The molecule has 0 spiro atoms. The van der Waals surface area contributed by atoms with Gasteiger partial charge in [0.05, 0.1) is 6.04 Å². The Hall–Kier alpha value is -1.71. The van der Waals surface area contributed by atoms with Gasteiger partial charge >= 0.3 is 0 Å². The average Bonchev–Trinajstić information content (AvgIpc) is 2.39. The van der Waals surface area contributed by atoms with Gasteiger partial charge < -0.3 is 11.5 Å². The molecule has 3 nitrogen and oxygen atoms in total. The first kappa shape index (κ1) is 11.8. The minimum Gasteiger partial charge on any atom is -0.324 e. The number of pyridine rings is 1. The number of benzene rings is 1. The van der Waals surface area contributed by atoms with Crippen LogP contribution in [0.1, 0.15) is 35.7 Å². The molecular weight excluding hydrogens is 210 g/mol. The molecule has 0 aliphatic rings. The zero-order valence-corrected chi connectivity index (χ0v) is 9.88. The first-order valence-corrected chi connectivity index (χ1v) is 5.69. The summed E-state index contributed by atoms with van der Waals surface area (Å²) in [5.41, 5.74) is 15.2. The highest BCUT2D eigenvalue weighted by Gasteiger charge is 2.10. The minimum absolute atomic E-state index is 0.0241. The van der Waals surface area contributed by atoms with Crippen molar-refractivity contribution in [3.8, 4) is 0 Å². The Morgan fingerprint density at radius 3 is 2.35 bits per heavy atom. The van der Waals surface area contributed by atoms with E-state index in [0.29, 0.717) is 0 Å². The second-order valence-corrected chi connectivity index (χ2v) is 4.22. The molecular formula is C14H17N3. The van der Waals surface area contributed by atoms with Gasteiger partial charge in [-0.1, -0.05) is 30.3 Å². The van der Waals surface area contributed by atoms with Crippen LogP contribution >= 0.6 is 0 Å². The van der Waals surface area contributed by atoms with Gasteiger partial charge in [0.25, 0.3) is 0 Å². The molecule has 1 aromatic heterocycles. The van der Waals surface area contributed by atoms with Gasteiger partial charge in [0.1, 0.15) is 0 Å². The van der Waals surface area contributed by atoms with E-state index < -0.39 is 0 Å². The molecule has 1 aromatic carbocycles. The van der Waals surface area contributed by atoms with Crippen LogP contribution in [-0.4, -0.2) is 4.98 Å². The molecule has 0 fully saturated rings. The summed E-state index contributed by atoms with van der Waals surface area (Å²) in [7, 11) is 0. The van der Waals surface area contributed by atoms with Gasteiger partial charge in [0.15, 0.2) is 0 Å². The zero-order valence-electron chi connectivity index (χ0n) is 9.88. The molecule has 0 aliphatic heterocycles. The van der Waals surface area contributed by atoms with Gasteiger partial charge in [-0.25, -0.2) is 0 Å². The molecule has 88 valence electrons. The fourth-order valence-corrected chi connectivity index (χ4v) is 1.79. The Balaban J connectivity index is 2.31. The largest absolute Gasteiger partial charge is 0.324 e. The third-order valence-corrected chi connectivity index (χ3v) is 2.84. The molecule has 0 radical (unpaired) electrons. The molecule has 3 heteroatoms. The lowest BCUT2D eigenvalue weighted by Gasteiger charge is -2.14. The summed E-state index contributed by atoms with van der Waals surface area (Å²) in [5, 5.41) is 0. The van der Waals surface area contributed by atoms with Crippen molar-refractivity contribution in [3.63, 3.8) is 0 Å². The molecule has 2 rings (SSSR count). The number of hydrogen-bond acceptors (Lipinski definition) is 3. The maximum atomic E-state index is 6.20. The smallest absolute Gasteiger partial charge is 0.0567 e. The summed E-state index contributed by atoms with van der Waals surface area (Å²) in [4.78, 5) is 4.08. The van der Waals surface area contributed by atoms with E-state index in [2.05, 4.69) is 11.1 Å². The Morgan fingerprint density at radius 1 is 1.00 bits per heavy atom. The lowest BCUT2D eigenvalue weighted by atomic mass is 9.97. The van der Waals surface area contributed by atoms with E-state index in [1.165, 1.54) is 0 Å². The standard InChI is InChI=1S/C14H17N3/c1-10(15)11-4-2-5-12(8-11)14(16)13-6-3-7-17-9-13/h2-10,14H,15-16H2,1H3/t10?,14-/m0/s1. The van der Waals surface area contributed by atoms with E-state index in [0.717, 1.165) is 16.7 Å². The molecule has 0 amide bonds. The van der Waals surface area contributed by atoms with E-state index in [1.807, 2.05) is 37.3 Å². The normalized spacial score (nSPS) is 14.3. The van der Waals surface area contributed by atoms with Crippen molar-refractivity contribution >= 4 is 0 Å². The number of aromatic nitrogens is 1. The highest BCUT2D eigenvalue weighted by molar-refractivity contribution is 5.33. The van der Waals surface area contributed by atoms with Crippen LogP contribution in [0.5, 0.6) is 0 Å². The molecule has 0 aliphatic carbocycles. The molecule has 17 heavy (non-hydrogen) atoms. The first-order chi connectivity index (χ1) is 8.18. The van der Waals surface area contributed by atoms with Crippen molar-refractivity contribution in [1.29, 1.82) is 0 Å². The second kappa shape index (κ2) is 5.08. The maximum Gasteiger partial charge on any atom is 0.0567 e. The summed E-state index contributed by atoms with van der Waals surface area (Å²) >= 11 is 0. The van der Waals surface area contributed by atoms with Crippen molar-refractivity contribution in [2.24, 2.45) is 11.5 Å². The summed E-state index contributed by atoms with van der Waals surface area (Å²) < 4.78 is 0. The van der Waals surface area contributed by atoms with E-state index in [9.17, 15) is 0 Å². The van der Waals surface area contributed by atoms with Crippen LogP contribution < -0.4 is 11.5 Å². The Morgan fingerprint density at radius 2 is 1.71 bits per heavy atom. The lowest BCUT2D eigenvalue weighted by Crippen LogP contribution is -2.13. The quantitative estimate of drug-likeness (QED) is 0.844. The predicted octanol–water partition coefficient (Wildman–Crippen LogP) is 2.15. The first-order valence-electron chi connectivity index (χ1n) is 5.69. The number of hydrogen-bond donors (Lipinski definition) is 2. The SMILES string of the molecule is CC(N)c1cccc([C@H](N)c2cccnc2)c1. The molecule has 1 unspecified atom stereocenters. The highest BCUT2D eigenvalue weighted by atomic mass is 14.7. The fourth-order valence-electron chi connectivity index (χ4n) is 1.79. The second-order valence-electron chi connectivity index (χ2n) is 4.22. The third-order valence-electron chi connectivity index (χ3n) is 2.84. The lowest BCUT2D eigenvalue weighted by molar-refractivity contribution is 0.803. The fraction of sp³-hybridized carbons (Fsp3) is 0.214. The summed E-state index contributed by atoms with van der Waals surface area (Å²) in [6.07, 6.45) is 3.54. The van der Waals surface area contributed by atoms with Gasteiger partial charge in [-0.2, -0.15) is 0 Å². The van der Waals surface area contributed by atoms with Crippen LogP contribution in [0.2, 0.25) is 0 Å². The van der Waals surface area contributed by atoms with Gasteiger partial charge in [-0.05, 0) is 29.7 Å². The van der Waals surface area contributed by atoms with Crippen LogP contribution in [0.25, 0.3) is 0 Å². The molecule has 0 saturated heterocycles.